The highest BCUT2D eigenvalue weighted by atomic mass is 16.2. The maximum atomic E-state index is 11.6. The average Bonchev–Trinajstić information content (AvgIpc) is 2.51. The van der Waals surface area contributed by atoms with E-state index in [1.54, 1.807) is 0 Å². The number of rotatable bonds is 2. The molecule has 0 N–H and O–H groups in total. The minimum atomic E-state index is 0.232. The van der Waals surface area contributed by atoms with Crippen molar-refractivity contribution in [1.82, 2.24) is 0 Å². The van der Waals surface area contributed by atoms with E-state index in [-0.39, 0.29) is 5.91 Å². The monoisotopic (exact) mass is 189 g/mol. The van der Waals surface area contributed by atoms with E-state index in [4.69, 9.17) is 0 Å². The van der Waals surface area contributed by atoms with Gasteiger partial charge in [-0.05, 0) is 30.5 Å². The number of carbonyl (C=O) groups is 1. The summed E-state index contributed by atoms with van der Waals surface area (Å²) in [5.41, 5.74) is 3.61. The third kappa shape index (κ3) is 1.31. The van der Waals surface area contributed by atoms with Crippen LogP contribution in [-0.2, 0) is 17.6 Å². The lowest BCUT2D eigenvalue weighted by Crippen LogP contribution is -2.25. The number of likely N-dealkylation sites (N-methyl/N-ethyl adjacent to an activating group) is 1. The van der Waals surface area contributed by atoms with Crippen LogP contribution in [0.4, 0.5) is 5.69 Å². The molecule has 0 saturated carbocycles. The molecule has 1 aromatic rings. The minimum Gasteiger partial charge on any atom is -0.312 e. The van der Waals surface area contributed by atoms with E-state index in [1.807, 2.05) is 11.8 Å². The predicted molar refractivity (Wildman–Crippen MR) is 57.6 cm³/mol. The van der Waals surface area contributed by atoms with Crippen molar-refractivity contribution in [2.24, 2.45) is 0 Å². The Morgan fingerprint density at radius 2 is 2.14 bits per heavy atom. The van der Waals surface area contributed by atoms with Gasteiger partial charge >= 0.3 is 0 Å². The zero-order chi connectivity index (χ0) is 10.1. The van der Waals surface area contributed by atoms with Crippen molar-refractivity contribution in [3.8, 4) is 0 Å². The molecule has 1 heterocycles. The summed E-state index contributed by atoms with van der Waals surface area (Å²) in [7, 11) is 0. The van der Waals surface area contributed by atoms with Crippen molar-refractivity contribution >= 4 is 11.6 Å². The van der Waals surface area contributed by atoms with Crippen molar-refractivity contribution in [2.45, 2.75) is 26.7 Å². The second-order valence-electron chi connectivity index (χ2n) is 3.63. The molecule has 0 radical (unpaired) electrons. The van der Waals surface area contributed by atoms with E-state index in [1.165, 1.54) is 11.1 Å². The summed E-state index contributed by atoms with van der Waals surface area (Å²) >= 11 is 0. The highest BCUT2D eigenvalue weighted by molar-refractivity contribution is 6.01. The maximum absolute atomic E-state index is 11.6. The fourth-order valence-electron chi connectivity index (χ4n) is 2.00. The molecule has 2 heteroatoms. The number of amides is 1. The first kappa shape index (κ1) is 9.25. The average molecular weight is 189 g/mol. The van der Waals surface area contributed by atoms with Crippen LogP contribution in [0.1, 0.15) is 25.0 Å². The van der Waals surface area contributed by atoms with Crippen LogP contribution in [0.25, 0.3) is 0 Å². The Kier molecular flexibility index (Phi) is 2.28. The number of fused-ring (bicyclic) bond motifs is 1. The molecule has 0 aliphatic carbocycles. The summed E-state index contributed by atoms with van der Waals surface area (Å²) < 4.78 is 0. The molecular formula is C12H15NO. The normalized spacial score (nSPS) is 14.7. The van der Waals surface area contributed by atoms with Crippen molar-refractivity contribution in [3.05, 3.63) is 29.3 Å². The Bertz CT molecular complexity index is 371. The lowest BCUT2D eigenvalue weighted by atomic mass is 10.1. The lowest BCUT2D eigenvalue weighted by Gasteiger charge is -2.14. The molecule has 14 heavy (non-hydrogen) atoms. The summed E-state index contributed by atoms with van der Waals surface area (Å²) in [6.07, 6.45) is 1.62. The second-order valence-corrected chi connectivity index (χ2v) is 3.63. The molecule has 1 aliphatic heterocycles. The highest BCUT2D eigenvalue weighted by Gasteiger charge is 2.25. The van der Waals surface area contributed by atoms with Gasteiger partial charge in [0.1, 0.15) is 0 Å². The SMILES string of the molecule is CCc1ccc2c(c1)CC(=O)N2CC. The quantitative estimate of drug-likeness (QED) is 0.698. The first-order valence-corrected chi connectivity index (χ1v) is 5.18. The Hall–Kier alpha value is -1.31. The lowest BCUT2D eigenvalue weighted by molar-refractivity contribution is -0.117. The Morgan fingerprint density at radius 1 is 1.36 bits per heavy atom. The number of carbonyl (C=O) groups excluding carboxylic acids is 1. The summed E-state index contributed by atoms with van der Waals surface area (Å²) in [6, 6.07) is 6.34. The molecule has 0 saturated heterocycles. The Balaban J connectivity index is 2.42. The van der Waals surface area contributed by atoms with Crippen LogP contribution < -0.4 is 4.90 Å². The van der Waals surface area contributed by atoms with Crippen molar-refractivity contribution in [2.75, 3.05) is 11.4 Å². The molecule has 74 valence electrons. The Morgan fingerprint density at radius 3 is 2.79 bits per heavy atom. The van der Waals surface area contributed by atoms with Crippen molar-refractivity contribution in [3.63, 3.8) is 0 Å². The third-order valence-electron chi connectivity index (χ3n) is 2.80. The standard InChI is InChI=1S/C12H15NO/c1-3-9-5-6-11-10(7-9)8-12(14)13(11)4-2/h5-7H,3-4,8H2,1-2H3. The van der Waals surface area contributed by atoms with Gasteiger partial charge in [0.15, 0.2) is 0 Å². The highest BCUT2D eigenvalue weighted by Crippen LogP contribution is 2.29. The number of nitrogens with zero attached hydrogens (tertiary/aromatic N) is 1. The molecule has 0 unspecified atom stereocenters. The van der Waals surface area contributed by atoms with Crippen LogP contribution >= 0.6 is 0 Å². The fourth-order valence-corrected chi connectivity index (χ4v) is 2.00. The van der Waals surface area contributed by atoms with Crippen molar-refractivity contribution < 1.29 is 4.79 Å². The number of benzene rings is 1. The molecule has 0 atom stereocenters. The van der Waals surface area contributed by atoms with Gasteiger partial charge in [-0.15, -0.1) is 0 Å². The van der Waals surface area contributed by atoms with E-state index >= 15 is 0 Å². The number of aryl methyl sites for hydroxylation is 1. The van der Waals surface area contributed by atoms with Gasteiger partial charge in [-0.3, -0.25) is 4.79 Å². The maximum Gasteiger partial charge on any atom is 0.231 e. The van der Waals surface area contributed by atoms with Gasteiger partial charge in [-0.25, -0.2) is 0 Å². The molecule has 1 aromatic carbocycles. The van der Waals surface area contributed by atoms with Crippen LogP contribution in [-0.4, -0.2) is 12.5 Å². The van der Waals surface area contributed by atoms with Gasteiger partial charge in [0, 0.05) is 12.2 Å². The summed E-state index contributed by atoms with van der Waals surface area (Å²) in [4.78, 5) is 13.4. The van der Waals surface area contributed by atoms with Gasteiger partial charge in [0.25, 0.3) is 0 Å². The number of hydrogen-bond donors (Lipinski definition) is 0. The molecular weight excluding hydrogens is 174 g/mol. The third-order valence-corrected chi connectivity index (χ3v) is 2.80. The smallest absolute Gasteiger partial charge is 0.231 e. The molecule has 0 spiro atoms. The van der Waals surface area contributed by atoms with Gasteiger partial charge in [-0.2, -0.15) is 0 Å². The zero-order valence-corrected chi connectivity index (χ0v) is 8.71. The van der Waals surface area contributed by atoms with E-state index in [9.17, 15) is 4.79 Å². The first-order chi connectivity index (χ1) is 6.76. The van der Waals surface area contributed by atoms with E-state index in [0.29, 0.717) is 6.42 Å². The molecule has 0 bridgehead atoms. The van der Waals surface area contributed by atoms with Gasteiger partial charge in [0.05, 0.1) is 6.42 Å². The molecule has 0 fully saturated rings. The van der Waals surface area contributed by atoms with Crippen LogP contribution in [0, 0.1) is 0 Å². The summed E-state index contributed by atoms with van der Waals surface area (Å²) in [6.45, 7) is 4.92. The molecule has 2 nitrogen and oxygen atoms in total. The van der Waals surface area contributed by atoms with Crippen LogP contribution in [0.2, 0.25) is 0 Å². The van der Waals surface area contributed by atoms with Crippen LogP contribution in [0.15, 0.2) is 18.2 Å². The van der Waals surface area contributed by atoms with E-state index in [0.717, 1.165) is 18.7 Å². The van der Waals surface area contributed by atoms with E-state index in [2.05, 4.69) is 25.1 Å². The van der Waals surface area contributed by atoms with Crippen molar-refractivity contribution in [1.29, 1.82) is 0 Å². The van der Waals surface area contributed by atoms with Gasteiger partial charge in [0.2, 0.25) is 5.91 Å². The van der Waals surface area contributed by atoms with Gasteiger partial charge in [-0.1, -0.05) is 19.1 Å². The van der Waals surface area contributed by atoms with E-state index < -0.39 is 0 Å². The fraction of sp³-hybridized carbons (Fsp3) is 0.417. The largest absolute Gasteiger partial charge is 0.312 e. The molecule has 0 aromatic heterocycles. The molecule has 1 aliphatic rings. The predicted octanol–water partition coefficient (Wildman–Crippen LogP) is 2.16. The summed E-state index contributed by atoms with van der Waals surface area (Å²) in [5.74, 6) is 0.232. The van der Waals surface area contributed by atoms with Gasteiger partial charge < -0.3 is 4.90 Å². The van der Waals surface area contributed by atoms with Crippen LogP contribution in [0.3, 0.4) is 0 Å². The zero-order valence-electron chi connectivity index (χ0n) is 8.71. The molecule has 2 rings (SSSR count). The van der Waals surface area contributed by atoms with Crippen LogP contribution in [0.5, 0.6) is 0 Å². The number of hydrogen-bond acceptors (Lipinski definition) is 1. The number of anilines is 1. The summed E-state index contributed by atoms with van der Waals surface area (Å²) in [5, 5.41) is 0. The molecule has 1 amide bonds. The Labute approximate surface area is 84.5 Å². The topological polar surface area (TPSA) is 20.3 Å². The second kappa shape index (κ2) is 3.45. The minimum absolute atomic E-state index is 0.232. The first-order valence-electron chi connectivity index (χ1n) is 5.18.